The molecular weight excluding hydrogens is 222 g/mol. The van der Waals surface area contributed by atoms with E-state index < -0.39 is 0 Å². The zero-order valence-corrected chi connectivity index (χ0v) is 11.8. The molecule has 0 radical (unpaired) electrons. The first-order chi connectivity index (χ1) is 8.45. The number of fused-ring (bicyclic) bond motifs is 1. The van der Waals surface area contributed by atoms with Crippen molar-refractivity contribution in [3.8, 4) is 0 Å². The highest BCUT2D eigenvalue weighted by Crippen LogP contribution is 2.38. The lowest BCUT2D eigenvalue weighted by Crippen LogP contribution is -2.45. The Morgan fingerprint density at radius 2 is 2.11 bits per heavy atom. The quantitative estimate of drug-likeness (QED) is 0.700. The molecule has 2 rings (SSSR count). The normalized spacial score (nSPS) is 41.9. The van der Waals surface area contributed by atoms with Crippen LogP contribution in [-0.2, 0) is 0 Å². The van der Waals surface area contributed by atoms with Gasteiger partial charge in [-0.1, -0.05) is 27.4 Å². The third-order valence-corrected chi connectivity index (χ3v) is 4.66. The van der Waals surface area contributed by atoms with Gasteiger partial charge in [-0.2, -0.15) is 0 Å². The lowest BCUT2D eigenvalue weighted by Gasteiger charge is -2.37. The largest absolute Gasteiger partial charge is 0.344 e. The summed E-state index contributed by atoms with van der Waals surface area (Å²) in [4.78, 5) is 9.17. The van der Waals surface area contributed by atoms with Gasteiger partial charge in [0, 0.05) is 24.7 Å². The number of nitrogens with one attached hydrogen (secondary N) is 1. The molecule has 18 heavy (non-hydrogen) atoms. The maximum absolute atomic E-state index is 4.77. The number of hydrogen-bond donors (Lipinski definition) is 1. The molecule has 2 aliphatic heterocycles. The second kappa shape index (κ2) is 4.71. The molecule has 0 saturated carbocycles. The number of rotatable bonds is 0. The van der Waals surface area contributed by atoms with Crippen molar-refractivity contribution in [1.82, 2.24) is 5.32 Å². The van der Waals surface area contributed by atoms with E-state index in [1.807, 2.05) is 12.3 Å². The Hall–Kier alpha value is -1.38. The summed E-state index contributed by atoms with van der Waals surface area (Å²) in [7, 11) is 0. The minimum absolute atomic E-state index is 0.141. The van der Waals surface area contributed by atoms with Crippen LogP contribution >= 0.6 is 0 Å². The van der Waals surface area contributed by atoms with Gasteiger partial charge in [-0.15, -0.1) is 0 Å². The molecule has 0 aliphatic carbocycles. The van der Waals surface area contributed by atoms with E-state index in [9.17, 15) is 0 Å². The molecule has 0 amide bonds. The minimum Gasteiger partial charge on any atom is -0.344 e. The Labute approximate surface area is 110 Å². The van der Waals surface area contributed by atoms with Crippen LogP contribution in [0.4, 0.5) is 0 Å². The smallest absolute Gasteiger partial charge is 0.112 e. The van der Waals surface area contributed by atoms with Gasteiger partial charge < -0.3 is 5.32 Å². The van der Waals surface area contributed by atoms with Gasteiger partial charge in [-0.05, 0) is 30.8 Å². The highest BCUT2D eigenvalue weighted by molar-refractivity contribution is 6.03. The fourth-order valence-electron chi connectivity index (χ4n) is 2.70. The van der Waals surface area contributed by atoms with Crippen molar-refractivity contribution in [3.63, 3.8) is 0 Å². The van der Waals surface area contributed by atoms with Gasteiger partial charge >= 0.3 is 0 Å². The first kappa shape index (κ1) is 13.1. The third-order valence-electron chi connectivity index (χ3n) is 4.66. The predicted molar refractivity (Wildman–Crippen MR) is 77.8 cm³/mol. The SMILES string of the molecule is C=C1/C=C\N=C[C@]2(C)C(=NCC(C)[C@H](C)[C@H]2C)N1. The van der Waals surface area contributed by atoms with Gasteiger partial charge in [-0.25, -0.2) is 0 Å². The van der Waals surface area contributed by atoms with E-state index in [2.05, 4.69) is 44.6 Å². The molecule has 0 aromatic carbocycles. The molecule has 2 aliphatic rings. The van der Waals surface area contributed by atoms with Crippen LogP contribution in [0.5, 0.6) is 0 Å². The Balaban J connectivity index is 2.47. The van der Waals surface area contributed by atoms with Crippen LogP contribution in [0.2, 0.25) is 0 Å². The number of aliphatic imine (C=N–C) groups is 2. The van der Waals surface area contributed by atoms with E-state index in [-0.39, 0.29) is 5.41 Å². The minimum atomic E-state index is -0.141. The molecular formula is C15H23N3. The Kier molecular flexibility index (Phi) is 3.42. The van der Waals surface area contributed by atoms with Crippen LogP contribution in [-0.4, -0.2) is 18.6 Å². The average Bonchev–Trinajstić information content (AvgIpc) is 2.40. The van der Waals surface area contributed by atoms with E-state index in [0.717, 1.165) is 18.1 Å². The molecule has 1 N–H and O–H groups in total. The summed E-state index contributed by atoms with van der Waals surface area (Å²) in [5.41, 5.74) is 0.712. The van der Waals surface area contributed by atoms with Crippen LogP contribution in [0, 0.1) is 23.2 Å². The van der Waals surface area contributed by atoms with Crippen LogP contribution in [0.25, 0.3) is 0 Å². The highest BCUT2D eigenvalue weighted by atomic mass is 15.0. The maximum atomic E-state index is 4.77. The van der Waals surface area contributed by atoms with E-state index in [4.69, 9.17) is 4.99 Å². The number of hydrogen-bond acceptors (Lipinski definition) is 3. The third kappa shape index (κ3) is 2.14. The van der Waals surface area contributed by atoms with Crippen LogP contribution in [0.1, 0.15) is 27.7 Å². The maximum Gasteiger partial charge on any atom is 0.112 e. The van der Waals surface area contributed by atoms with E-state index in [1.165, 1.54) is 0 Å². The number of nitrogens with zero attached hydrogens (tertiary/aromatic N) is 2. The summed E-state index contributed by atoms with van der Waals surface area (Å²) < 4.78 is 0. The molecule has 3 heteroatoms. The Morgan fingerprint density at radius 1 is 1.39 bits per heavy atom. The zero-order chi connectivity index (χ0) is 13.3. The summed E-state index contributed by atoms with van der Waals surface area (Å²) in [6.07, 6.45) is 5.70. The lowest BCUT2D eigenvalue weighted by atomic mass is 9.69. The highest BCUT2D eigenvalue weighted by Gasteiger charge is 2.41. The molecule has 1 unspecified atom stereocenters. The van der Waals surface area contributed by atoms with Gasteiger partial charge in [0.15, 0.2) is 0 Å². The van der Waals surface area contributed by atoms with Crippen LogP contribution in [0.15, 0.2) is 34.5 Å². The summed E-state index contributed by atoms with van der Waals surface area (Å²) >= 11 is 0. The monoisotopic (exact) mass is 245 g/mol. The fourth-order valence-corrected chi connectivity index (χ4v) is 2.70. The molecule has 0 bridgehead atoms. The molecule has 0 fully saturated rings. The molecule has 0 aromatic rings. The first-order valence-electron chi connectivity index (χ1n) is 6.67. The average molecular weight is 245 g/mol. The van der Waals surface area contributed by atoms with Crippen molar-refractivity contribution in [2.24, 2.45) is 33.2 Å². The Morgan fingerprint density at radius 3 is 2.83 bits per heavy atom. The second-order valence-corrected chi connectivity index (χ2v) is 5.84. The molecule has 2 heterocycles. The first-order valence-corrected chi connectivity index (χ1v) is 6.67. The van der Waals surface area contributed by atoms with Crippen molar-refractivity contribution in [1.29, 1.82) is 0 Å². The van der Waals surface area contributed by atoms with E-state index in [0.29, 0.717) is 17.8 Å². The van der Waals surface area contributed by atoms with E-state index >= 15 is 0 Å². The topological polar surface area (TPSA) is 36.8 Å². The van der Waals surface area contributed by atoms with Crippen molar-refractivity contribution < 1.29 is 0 Å². The number of amidine groups is 1. The predicted octanol–water partition coefficient (Wildman–Crippen LogP) is 3.01. The van der Waals surface area contributed by atoms with Gasteiger partial charge in [0.1, 0.15) is 5.84 Å². The molecule has 0 aromatic heterocycles. The second-order valence-electron chi connectivity index (χ2n) is 5.84. The summed E-state index contributed by atoms with van der Waals surface area (Å²) in [5.74, 6) is 2.70. The summed E-state index contributed by atoms with van der Waals surface area (Å²) in [6.45, 7) is 14.0. The Bertz CT molecular complexity index is 433. The zero-order valence-electron chi connectivity index (χ0n) is 11.8. The molecule has 0 spiro atoms. The fraction of sp³-hybridized carbons (Fsp3) is 0.600. The van der Waals surface area contributed by atoms with Crippen molar-refractivity contribution in [2.75, 3.05) is 6.54 Å². The molecule has 4 atom stereocenters. The van der Waals surface area contributed by atoms with Gasteiger partial charge in [0.05, 0.1) is 5.41 Å². The van der Waals surface area contributed by atoms with Gasteiger partial charge in [-0.3, -0.25) is 9.98 Å². The van der Waals surface area contributed by atoms with Crippen LogP contribution in [0.3, 0.4) is 0 Å². The summed E-state index contributed by atoms with van der Waals surface area (Å²) in [6, 6.07) is 0. The molecule has 3 nitrogen and oxygen atoms in total. The van der Waals surface area contributed by atoms with Crippen molar-refractivity contribution in [3.05, 3.63) is 24.6 Å². The summed E-state index contributed by atoms with van der Waals surface area (Å²) in [5, 5.41) is 3.35. The molecule has 98 valence electrons. The van der Waals surface area contributed by atoms with Crippen LogP contribution < -0.4 is 5.32 Å². The van der Waals surface area contributed by atoms with Crippen molar-refractivity contribution >= 4 is 12.1 Å². The molecule has 0 saturated heterocycles. The van der Waals surface area contributed by atoms with Gasteiger partial charge in [0.2, 0.25) is 0 Å². The number of allylic oxidation sites excluding steroid dienone is 1. The lowest BCUT2D eigenvalue weighted by molar-refractivity contribution is 0.233. The standard InChI is InChI=1S/C15H23N3/c1-10-8-17-14-15(5,13(4)12(10)3)9-16-7-6-11(2)18-14/h6-7,9-10,12-13H,2,8H2,1,3-5H3,(H,17,18)/b7-6-,16-9?/t10?,12-,13+,15-/m0/s1. The van der Waals surface area contributed by atoms with E-state index in [1.54, 1.807) is 6.20 Å². The van der Waals surface area contributed by atoms with Crippen molar-refractivity contribution in [2.45, 2.75) is 27.7 Å². The van der Waals surface area contributed by atoms with Gasteiger partial charge in [0.25, 0.3) is 0 Å².